The predicted molar refractivity (Wildman–Crippen MR) is 98.7 cm³/mol. The third-order valence-electron chi connectivity index (χ3n) is 4.53. The van der Waals surface area contributed by atoms with Crippen molar-refractivity contribution >= 4 is 11.6 Å². The Morgan fingerprint density at radius 1 is 1.30 bits per heavy atom. The molecule has 0 bridgehead atoms. The minimum atomic E-state index is -0.591. The monoisotopic (exact) mass is 369 g/mol. The Balaban J connectivity index is 1.72. The van der Waals surface area contributed by atoms with Gasteiger partial charge in [-0.05, 0) is 38.8 Å². The van der Waals surface area contributed by atoms with E-state index in [9.17, 15) is 9.50 Å². The maximum absolute atomic E-state index is 14.9. The van der Waals surface area contributed by atoms with Gasteiger partial charge in [0.25, 0.3) is 0 Å². The van der Waals surface area contributed by atoms with Crippen molar-refractivity contribution < 1.29 is 19.0 Å². The van der Waals surface area contributed by atoms with Gasteiger partial charge < -0.3 is 14.6 Å². The normalized spacial score (nSPS) is 14.2. The Morgan fingerprint density at radius 2 is 2.11 bits per heavy atom. The molecule has 1 aliphatic carbocycles. The van der Waals surface area contributed by atoms with E-state index in [1.165, 1.54) is 6.33 Å². The highest BCUT2D eigenvalue weighted by Crippen LogP contribution is 2.36. The number of allylic oxidation sites excluding steroid dienone is 1. The molecule has 2 aromatic heterocycles. The number of aliphatic hydroxyl groups is 1. The number of rotatable bonds is 5. The van der Waals surface area contributed by atoms with Crippen molar-refractivity contribution in [2.75, 3.05) is 6.61 Å². The van der Waals surface area contributed by atoms with Gasteiger partial charge in [0.2, 0.25) is 5.88 Å². The zero-order valence-electron chi connectivity index (χ0n) is 15.4. The molecule has 0 saturated heterocycles. The summed E-state index contributed by atoms with van der Waals surface area (Å²) in [6.07, 6.45) is 5.04. The fourth-order valence-corrected chi connectivity index (χ4v) is 3.24. The number of fused-ring (bicyclic) bond motifs is 2. The van der Waals surface area contributed by atoms with Crippen molar-refractivity contribution in [3.8, 4) is 17.4 Å². The molecule has 0 radical (unpaired) electrons. The standard InChI is InChI=1S/C20H20FN3O3/c1-11-6-14-4-5-16(18(21)15(14)7-11)27-20-19-13(3)17(26-9-12(2)25)8-24(19)23-10-22-20/h4-5,7-8,10,12,25H,6,9H2,1-3H3/t12-/m1/s1. The fourth-order valence-electron chi connectivity index (χ4n) is 3.24. The fraction of sp³-hybridized carbons (Fsp3) is 0.300. The zero-order chi connectivity index (χ0) is 19.1. The van der Waals surface area contributed by atoms with Crippen molar-refractivity contribution in [1.82, 2.24) is 14.6 Å². The molecular formula is C20H20FN3O3. The second kappa shape index (κ2) is 6.66. The first kappa shape index (κ1) is 17.5. The van der Waals surface area contributed by atoms with Crippen molar-refractivity contribution in [3.05, 3.63) is 52.7 Å². The van der Waals surface area contributed by atoms with Gasteiger partial charge in [-0.25, -0.2) is 8.91 Å². The molecule has 1 aliphatic rings. The van der Waals surface area contributed by atoms with Crippen molar-refractivity contribution in [2.45, 2.75) is 33.3 Å². The predicted octanol–water partition coefficient (Wildman–Crippen LogP) is 3.69. The second-order valence-corrected chi connectivity index (χ2v) is 6.86. The largest absolute Gasteiger partial charge is 0.489 e. The summed E-state index contributed by atoms with van der Waals surface area (Å²) in [5.74, 6) is 0.532. The molecule has 0 aliphatic heterocycles. The van der Waals surface area contributed by atoms with E-state index in [-0.39, 0.29) is 18.2 Å². The first-order valence-electron chi connectivity index (χ1n) is 8.74. The molecule has 1 aromatic carbocycles. The molecule has 7 heteroatoms. The average Bonchev–Trinajstić information content (AvgIpc) is 3.16. The van der Waals surface area contributed by atoms with Gasteiger partial charge in [0.15, 0.2) is 11.6 Å². The number of aromatic nitrogens is 3. The van der Waals surface area contributed by atoms with Crippen molar-refractivity contribution in [2.24, 2.45) is 0 Å². The number of benzene rings is 1. The summed E-state index contributed by atoms with van der Waals surface area (Å²) in [7, 11) is 0. The highest BCUT2D eigenvalue weighted by Gasteiger charge is 2.21. The zero-order valence-corrected chi connectivity index (χ0v) is 15.4. The van der Waals surface area contributed by atoms with E-state index in [0.717, 1.165) is 23.1 Å². The molecule has 0 saturated carbocycles. The quantitative estimate of drug-likeness (QED) is 0.743. The highest BCUT2D eigenvalue weighted by molar-refractivity contribution is 5.69. The lowest BCUT2D eigenvalue weighted by Crippen LogP contribution is -2.12. The molecule has 2 heterocycles. The van der Waals surface area contributed by atoms with Crippen LogP contribution in [0.3, 0.4) is 0 Å². The molecular weight excluding hydrogens is 349 g/mol. The van der Waals surface area contributed by atoms with E-state index in [1.54, 1.807) is 23.7 Å². The highest BCUT2D eigenvalue weighted by atomic mass is 19.1. The van der Waals surface area contributed by atoms with E-state index < -0.39 is 11.9 Å². The Morgan fingerprint density at radius 3 is 2.89 bits per heavy atom. The van der Waals surface area contributed by atoms with Gasteiger partial charge in [0, 0.05) is 11.1 Å². The van der Waals surface area contributed by atoms with Gasteiger partial charge in [0.1, 0.15) is 24.2 Å². The van der Waals surface area contributed by atoms with Crippen LogP contribution in [0.1, 0.15) is 30.5 Å². The molecule has 1 atom stereocenters. The summed E-state index contributed by atoms with van der Waals surface area (Å²) in [6, 6.07) is 3.50. The molecule has 0 fully saturated rings. The van der Waals surface area contributed by atoms with Crippen molar-refractivity contribution in [3.63, 3.8) is 0 Å². The van der Waals surface area contributed by atoms with E-state index in [4.69, 9.17) is 9.47 Å². The van der Waals surface area contributed by atoms with Gasteiger partial charge in [-0.2, -0.15) is 10.1 Å². The number of aryl methyl sites for hydroxylation is 1. The third-order valence-corrected chi connectivity index (χ3v) is 4.53. The number of ether oxygens (including phenoxy) is 2. The average molecular weight is 369 g/mol. The minimum Gasteiger partial charge on any atom is -0.489 e. The van der Waals surface area contributed by atoms with Crippen molar-refractivity contribution in [1.29, 1.82) is 0 Å². The number of hydrogen-bond donors (Lipinski definition) is 1. The summed E-state index contributed by atoms with van der Waals surface area (Å²) in [6.45, 7) is 5.62. The van der Waals surface area contributed by atoms with Gasteiger partial charge in [0.05, 0.1) is 12.3 Å². The number of hydrogen-bond acceptors (Lipinski definition) is 5. The van der Waals surface area contributed by atoms with E-state index in [0.29, 0.717) is 16.8 Å². The van der Waals surface area contributed by atoms with Crippen LogP contribution in [0.4, 0.5) is 4.39 Å². The molecule has 1 N–H and O–H groups in total. The van der Waals surface area contributed by atoms with Gasteiger partial charge in [-0.1, -0.05) is 17.7 Å². The number of aliphatic hydroxyl groups excluding tert-OH is 1. The SMILES string of the molecule is CC1=Cc2c(ccc(Oc3ncnn4cc(OC[C@@H](C)O)c(C)c34)c2F)C1. The lowest BCUT2D eigenvalue weighted by molar-refractivity contribution is 0.122. The molecule has 0 spiro atoms. The topological polar surface area (TPSA) is 68.9 Å². The molecule has 4 rings (SSSR count). The smallest absolute Gasteiger partial charge is 0.247 e. The number of halogens is 1. The second-order valence-electron chi connectivity index (χ2n) is 6.86. The lowest BCUT2D eigenvalue weighted by Gasteiger charge is -2.10. The molecule has 140 valence electrons. The summed E-state index contributed by atoms with van der Waals surface area (Å²) < 4.78 is 27.9. The van der Waals surface area contributed by atoms with Crippen LogP contribution in [0, 0.1) is 12.7 Å². The molecule has 27 heavy (non-hydrogen) atoms. The number of nitrogens with zero attached hydrogens (tertiary/aromatic N) is 3. The molecule has 0 unspecified atom stereocenters. The van der Waals surface area contributed by atoms with Crippen LogP contribution < -0.4 is 9.47 Å². The van der Waals surface area contributed by atoms with Crippen LogP contribution in [0.15, 0.2) is 30.2 Å². The Bertz CT molecular complexity index is 1060. The Kier molecular flexibility index (Phi) is 4.31. The molecule has 0 amide bonds. The third kappa shape index (κ3) is 3.14. The summed E-state index contributed by atoms with van der Waals surface area (Å²) in [5, 5.41) is 13.6. The minimum absolute atomic E-state index is 0.118. The van der Waals surface area contributed by atoms with Crippen LogP contribution in [-0.4, -0.2) is 32.4 Å². The van der Waals surface area contributed by atoms with Gasteiger partial charge >= 0.3 is 0 Å². The first-order chi connectivity index (χ1) is 12.9. The maximum Gasteiger partial charge on any atom is 0.247 e. The molecule has 3 aromatic rings. The van der Waals surface area contributed by atoms with E-state index in [2.05, 4.69) is 10.1 Å². The molecule has 6 nitrogen and oxygen atoms in total. The van der Waals surface area contributed by atoms with Crippen LogP contribution >= 0.6 is 0 Å². The Labute approximate surface area is 155 Å². The first-order valence-corrected chi connectivity index (χ1v) is 8.74. The lowest BCUT2D eigenvalue weighted by atomic mass is 10.1. The summed E-state index contributed by atoms with van der Waals surface area (Å²) in [4.78, 5) is 4.18. The van der Waals surface area contributed by atoms with Crippen LogP contribution in [-0.2, 0) is 6.42 Å². The van der Waals surface area contributed by atoms with Crippen LogP contribution in [0.2, 0.25) is 0 Å². The van der Waals surface area contributed by atoms with E-state index in [1.807, 2.05) is 26.0 Å². The van der Waals surface area contributed by atoms with Crippen LogP contribution in [0.25, 0.3) is 11.6 Å². The van der Waals surface area contributed by atoms with Gasteiger partial charge in [-0.3, -0.25) is 0 Å². The maximum atomic E-state index is 14.9. The van der Waals surface area contributed by atoms with E-state index >= 15 is 0 Å². The summed E-state index contributed by atoms with van der Waals surface area (Å²) in [5.41, 5.74) is 3.99. The summed E-state index contributed by atoms with van der Waals surface area (Å²) >= 11 is 0. The van der Waals surface area contributed by atoms with Crippen LogP contribution in [0.5, 0.6) is 17.4 Å². The van der Waals surface area contributed by atoms with Gasteiger partial charge in [-0.15, -0.1) is 0 Å². The Hall–Kier alpha value is -2.93.